The molecule has 0 aliphatic carbocycles. The van der Waals surface area contributed by atoms with Gasteiger partial charge in [-0.15, -0.1) is 0 Å². The first-order valence-corrected chi connectivity index (χ1v) is 7.22. The van der Waals surface area contributed by atoms with Gasteiger partial charge in [0.05, 0.1) is 12.8 Å². The fourth-order valence-corrected chi connectivity index (χ4v) is 2.43. The van der Waals surface area contributed by atoms with Crippen molar-refractivity contribution in [3.8, 4) is 5.75 Å². The van der Waals surface area contributed by atoms with Gasteiger partial charge >= 0.3 is 0 Å². The molecule has 0 aliphatic rings. The minimum absolute atomic E-state index is 0.146. The first kappa shape index (κ1) is 16.3. The highest BCUT2D eigenvalue weighted by Crippen LogP contribution is 2.40. The molecule has 0 spiro atoms. The normalized spacial score (nSPS) is 11.6. The van der Waals surface area contributed by atoms with Gasteiger partial charge in [-0.25, -0.2) is 0 Å². The summed E-state index contributed by atoms with van der Waals surface area (Å²) >= 11 is 3.64. The van der Waals surface area contributed by atoms with Crippen molar-refractivity contribution >= 4 is 21.6 Å². The maximum Gasteiger partial charge on any atom is 0.145 e. The molecule has 0 aliphatic heterocycles. The number of ether oxygens (including phenoxy) is 1. The van der Waals surface area contributed by atoms with Crippen LogP contribution in [0.3, 0.4) is 0 Å². The molecular weight excluding hydrogens is 306 g/mol. The Morgan fingerprint density at radius 1 is 1.16 bits per heavy atom. The van der Waals surface area contributed by atoms with Gasteiger partial charge in [-0.2, -0.15) is 0 Å². The molecule has 0 amide bonds. The fraction of sp³-hybridized carbons (Fsp3) is 0.600. The van der Waals surface area contributed by atoms with Crippen LogP contribution >= 0.6 is 15.9 Å². The molecule has 0 fully saturated rings. The van der Waals surface area contributed by atoms with Crippen LogP contribution < -0.4 is 10.1 Å². The van der Waals surface area contributed by atoms with Crippen LogP contribution in [0.4, 0.5) is 5.69 Å². The molecule has 0 aromatic heterocycles. The number of benzene rings is 1. The average Bonchev–Trinajstić information content (AvgIpc) is 2.39. The van der Waals surface area contributed by atoms with Gasteiger partial charge in [0.25, 0.3) is 0 Å². The molecule has 0 saturated heterocycles. The Hall–Kier alpha value is -0.740. The smallest absolute Gasteiger partial charge is 0.145 e. The zero-order valence-corrected chi connectivity index (χ0v) is 14.2. The first-order chi connectivity index (χ1) is 8.75. The van der Waals surface area contributed by atoms with Crippen molar-refractivity contribution in [1.82, 2.24) is 0 Å². The Morgan fingerprint density at radius 2 is 1.74 bits per heavy atom. The lowest BCUT2D eigenvalue weighted by molar-refractivity contribution is 0.170. The summed E-state index contributed by atoms with van der Waals surface area (Å²) in [5, 5.41) is 12.8. The van der Waals surface area contributed by atoms with Crippen LogP contribution in [-0.4, -0.2) is 25.4 Å². The Labute approximate surface area is 124 Å². The van der Waals surface area contributed by atoms with E-state index < -0.39 is 0 Å². The van der Waals surface area contributed by atoms with E-state index in [0.29, 0.717) is 6.54 Å². The molecule has 0 unspecified atom stereocenters. The van der Waals surface area contributed by atoms with E-state index in [1.807, 2.05) is 13.8 Å². The van der Waals surface area contributed by atoms with Crippen molar-refractivity contribution in [3.05, 3.63) is 21.2 Å². The van der Waals surface area contributed by atoms with Crippen molar-refractivity contribution in [2.45, 2.75) is 34.6 Å². The SMILES string of the molecule is COc1c(C)c(C)c(Br)c(C)c1NCC(C)(C)CO. The van der Waals surface area contributed by atoms with Crippen molar-refractivity contribution in [2.75, 3.05) is 25.6 Å². The topological polar surface area (TPSA) is 41.5 Å². The molecule has 0 heterocycles. The number of aliphatic hydroxyl groups excluding tert-OH is 1. The highest BCUT2D eigenvalue weighted by atomic mass is 79.9. The second kappa shape index (κ2) is 6.14. The quantitative estimate of drug-likeness (QED) is 0.862. The minimum atomic E-state index is -0.164. The molecule has 19 heavy (non-hydrogen) atoms. The van der Waals surface area contributed by atoms with Crippen LogP contribution in [0.2, 0.25) is 0 Å². The summed E-state index contributed by atoms with van der Waals surface area (Å²) in [6.07, 6.45) is 0. The molecule has 0 bridgehead atoms. The van der Waals surface area contributed by atoms with Gasteiger partial charge < -0.3 is 15.2 Å². The average molecular weight is 330 g/mol. The van der Waals surface area contributed by atoms with Crippen LogP contribution in [0, 0.1) is 26.2 Å². The fourth-order valence-electron chi connectivity index (χ4n) is 1.94. The first-order valence-electron chi connectivity index (χ1n) is 6.43. The zero-order chi connectivity index (χ0) is 14.8. The summed E-state index contributed by atoms with van der Waals surface area (Å²) in [5.41, 5.74) is 4.29. The van der Waals surface area contributed by atoms with Crippen LogP contribution in [0.15, 0.2) is 4.47 Å². The lowest BCUT2D eigenvalue weighted by atomic mass is 9.94. The van der Waals surface area contributed by atoms with Gasteiger partial charge in [0.2, 0.25) is 0 Å². The summed E-state index contributed by atoms with van der Waals surface area (Å²) in [4.78, 5) is 0. The van der Waals surface area contributed by atoms with Crippen molar-refractivity contribution < 1.29 is 9.84 Å². The number of anilines is 1. The molecular formula is C15H24BrNO2. The van der Waals surface area contributed by atoms with Crippen molar-refractivity contribution in [1.29, 1.82) is 0 Å². The van der Waals surface area contributed by atoms with Gasteiger partial charge in [-0.05, 0) is 37.5 Å². The van der Waals surface area contributed by atoms with E-state index in [-0.39, 0.29) is 12.0 Å². The summed E-state index contributed by atoms with van der Waals surface area (Å²) < 4.78 is 6.65. The molecule has 2 N–H and O–H groups in total. The van der Waals surface area contributed by atoms with Crippen molar-refractivity contribution in [3.63, 3.8) is 0 Å². The maximum absolute atomic E-state index is 9.34. The lowest BCUT2D eigenvalue weighted by Gasteiger charge is -2.26. The lowest BCUT2D eigenvalue weighted by Crippen LogP contribution is -2.27. The summed E-state index contributed by atoms with van der Waals surface area (Å²) in [6.45, 7) is 11.1. The van der Waals surface area contributed by atoms with Gasteiger partial charge in [0.1, 0.15) is 5.75 Å². The Balaban J connectivity index is 3.20. The number of rotatable bonds is 5. The predicted molar refractivity (Wildman–Crippen MR) is 84.3 cm³/mol. The van der Waals surface area contributed by atoms with Gasteiger partial charge in [-0.3, -0.25) is 0 Å². The molecule has 108 valence electrons. The maximum atomic E-state index is 9.34. The number of hydrogen-bond donors (Lipinski definition) is 2. The number of halogens is 1. The van der Waals surface area contributed by atoms with Crippen molar-refractivity contribution in [2.24, 2.45) is 5.41 Å². The highest BCUT2D eigenvalue weighted by Gasteiger charge is 2.20. The largest absolute Gasteiger partial charge is 0.494 e. The van der Waals surface area contributed by atoms with Crippen LogP contribution in [0.1, 0.15) is 30.5 Å². The number of methoxy groups -OCH3 is 1. The monoisotopic (exact) mass is 329 g/mol. The van der Waals surface area contributed by atoms with Gasteiger partial charge in [-0.1, -0.05) is 29.8 Å². The molecule has 1 aromatic carbocycles. The third-order valence-electron chi connectivity index (χ3n) is 3.54. The summed E-state index contributed by atoms with van der Waals surface area (Å²) in [7, 11) is 1.69. The number of hydrogen-bond acceptors (Lipinski definition) is 3. The molecule has 0 saturated carbocycles. The van der Waals surface area contributed by atoms with E-state index in [9.17, 15) is 5.11 Å². The van der Waals surface area contributed by atoms with Crippen LogP contribution in [-0.2, 0) is 0 Å². The number of nitrogens with one attached hydrogen (secondary N) is 1. The minimum Gasteiger partial charge on any atom is -0.494 e. The van der Waals surface area contributed by atoms with Gasteiger partial charge in [0.15, 0.2) is 0 Å². The standard InChI is InChI=1S/C15H24BrNO2/c1-9-10(2)14(19-6)13(11(3)12(9)16)17-7-15(4,5)8-18/h17-18H,7-8H2,1-6H3. The Bertz CT molecular complexity index is 470. The van der Waals surface area contributed by atoms with E-state index in [0.717, 1.165) is 27.0 Å². The Kier molecular flexibility index (Phi) is 5.27. The summed E-state index contributed by atoms with van der Waals surface area (Å²) in [6, 6.07) is 0. The third kappa shape index (κ3) is 3.42. The Morgan fingerprint density at radius 3 is 2.21 bits per heavy atom. The molecule has 0 radical (unpaired) electrons. The van der Waals surface area contributed by atoms with E-state index >= 15 is 0 Å². The second-order valence-electron chi connectivity index (χ2n) is 5.77. The summed E-state index contributed by atoms with van der Waals surface area (Å²) in [5.74, 6) is 0.881. The van der Waals surface area contributed by atoms with E-state index in [2.05, 4.69) is 42.0 Å². The van der Waals surface area contributed by atoms with E-state index in [1.54, 1.807) is 7.11 Å². The molecule has 4 heteroatoms. The molecule has 1 rings (SSSR count). The van der Waals surface area contributed by atoms with E-state index in [1.165, 1.54) is 5.56 Å². The molecule has 3 nitrogen and oxygen atoms in total. The van der Waals surface area contributed by atoms with Crippen LogP contribution in [0.25, 0.3) is 0 Å². The molecule has 0 atom stereocenters. The number of aliphatic hydroxyl groups is 1. The third-order valence-corrected chi connectivity index (χ3v) is 4.73. The molecule has 1 aromatic rings. The van der Waals surface area contributed by atoms with Gasteiger partial charge in [0, 0.05) is 23.0 Å². The van der Waals surface area contributed by atoms with E-state index in [4.69, 9.17) is 4.74 Å². The van der Waals surface area contributed by atoms with Crippen LogP contribution in [0.5, 0.6) is 5.75 Å². The second-order valence-corrected chi connectivity index (χ2v) is 6.57. The zero-order valence-electron chi connectivity index (χ0n) is 12.6. The highest BCUT2D eigenvalue weighted by molar-refractivity contribution is 9.10. The predicted octanol–water partition coefficient (Wildman–Crippen LogP) is 3.81.